The van der Waals surface area contributed by atoms with Gasteiger partial charge >= 0.3 is 0 Å². The summed E-state index contributed by atoms with van der Waals surface area (Å²) in [6.45, 7) is 1.93. The maximum absolute atomic E-state index is 7.57. The molecule has 0 atom stereocenters. The highest BCUT2D eigenvalue weighted by atomic mass is 16.2. The predicted molar refractivity (Wildman–Crippen MR) is 68.2 cm³/mol. The van der Waals surface area contributed by atoms with E-state index in [2.05, 4.69) is 0 Å². The van der Waals surface area contributed by atoms with E-state index >= 15 is 0 Å². The van der Waals surface area contributed by atoms with Crippen LogP contribution in [0.3, 0.4) is 0 Å². The highest BCUT2D eigenvalue weighted by molar-refractivity contribution is 4.51. The second-order valence-corrected chi connectivity index (χ2v) is 4.56. The zero-order valence-electron chi connectivity index (χ0n) is 10.6. The minimum absolute atomic E-state index is 0.250. The summed E-state index contributed by atoms with van der Waals surface area (Å²) in [5.41, 5.74) is 0. The van der Waals surface area contributed by atoms with E-state index < -0.39 is 0 Å². The minimum Gasteiger partial charge on any atom is -0.397 e. The molecule has 0 radical (unpaired) electrons. The molecule has 0 spiro atoms. The van der Waals surface area contributed by atoms with Crippen molar-refractivity contribution < 1.29 is 5.11 Å². The molecule has 1 nitrogen and oxygen atoms in total. The molecule has 1 N–H and O–H groups in total. The lowest BCUT2D eigenvalue weighted by Gasteiger charge is -2.05. The molecule has 1 aliphatic rings. The Bertz CT molecular complexity index is 58.5. The van der Waals surface area contributed by atoms with Crippen molar-refractivity contribution in [1.82, 2.24) is 0 Å². The van der Waals surface area contributed by atoms with Crippen molar-refractivity contribution in [3.05, 3.63) is 0 Å². The number of rotatable bonds is 0. The number of hydrogen-bond donors (Lipinski definition) is 1. The van der Waals surface area contributed by atoms with E-state index in [0.717, 1.165) is 0 Å². The van der Waals surface area contributed by atoms with Crippen molar-refractivity contribution in [2.75, 3.05) is 6.61 Å². The Labute approximate surface area is 96.3 Å². The van der Waals surface area contributed by atoms with E-state index in [1.54, 1.807) is 6.92 Å². The molecule has 92 valence electrons. The van der Waals surface area contributed by atoms with Crippen LogP contribution in [-0.2, 0) is 0 Å². The van der Waals surface area contributed by atoms with Gasteiger partial charge in [0.2, 0.25) is 0 Å². The molecule has 1 rings (SSSR count). The minimum atomic E-state index is 0.250. The molecule has 1 heteroatoms. The second-order valence-electron chi connectivity index (χ2n) is 4.56. The first-order valence-corrected chi connectivity index (χ1v) is 7.02. The van der Waals surface area contributed by atoms with Crippen LogP contribution in [0.25, 0.3) is 0 Å². The fourth-order valence-corrected chi connectivity index (χ4v) is 2.12. The third-order valence-electron chi connectivity index (χ3n) is 3.00. The van der Waals surface area contributed by atoms with Crippen LogP contribution in [0.1, 0.15) is 84.0 Å². The van der Waals surface area contributed by atoms with E-state index in [9.17, 15) is 0 Å². The Hall–Kier alpha value is -0.0400. The molecule has 0 aromatic carbocycles. The van der Waals surface area contributed by atoms with Crippen molar-refractivity contribution in [3.8, 4) is 0 Å². The van der Waals surface area contributed by atoms with E-state index in [0.29, 0.717) is 0 Å². The summed E-state index contributed by atoms with van der Waals surface area (Å²) in [5.74, 6) is 0. The van der Waals surface area contributed by atoms with Crippen LogP contribution in [0.15, 0.2) is 0 Å². The van der Waals surface area contributed by atoms with Gasteiger partial charge in [0.05, 0.1) is 0 Å². The van der Waals surface area contributed by atoms with Crippen LogP contribution >= 0.6 is 0 Å². The summed E-state index contributed by atoms with van der Waals surface area (Å²) in [5, 5.41) is 7.57. The topological polar surface area (TPSA) is 20.2 Å². The average Bonchev–Trinajstić information content (AvgIpc) is 2.19. The van der Waals surface area contributed by atoms with Gasteiger partial charge in [-0.05, 0) is 6.92 Å². The first kappa shape index (κ1) is 15.0. The van der Waals surface area contributed by atoms with Crippen LogP contribution in [0, 0.1) is 0 Å². The highest BCUT2D eigenvalue weighted by Crippen LogP contribution is 2.15. The average molecular weight is 214 g/mol. The fraction of sp³-hybridized carbons (Fsp3) is 1.00. The third-order valence-corrected chi connectivity index (χ3v) is 3.00. The lowest BCUT2D eigenvalue weighted by atomic mass is 10.0. The molecule has 0 bridgehead atoms. The lowest BCUT2D eigenvalue weighted by Crippen LogP contribution is -1.85. The molecule has 0 unspecified atom stereocenters. The molecule has 1 aliphatic carbocycles. The van der Waals surface area contributed by atoms with Gasteiger partial charge in [0.15, 0.2) is 0 Å². The van der Waals surface area contributed by atoms with Crippen LogP contribution in [0.4, 0.5) is 0 Å². The molecule has 15 heavy (non-hydrogen) atoms. The molecule has 0 aromatic rings. The van der Waals surface area contributed by atoms with Gasteiger partial charge in [-0.3, -0.25) is 0 Å². The summed E-state index contributed by atoms with van der Waals surface area (Å²) in [4.78, 5) is 0. The first-order valence-electron chi connectivity index (χ1n) is 7.02. The molecule has 0 amide bonds. The fourth-order valence-electron chi connectivity index (χ4n) is 2.12. The Morgan fingerprint density at radius 2 is 0.600 bits per heavy atom. The Morgan fingerprint density at radius 1 is 0.533 bits per heavy atom. The van der Waals surface area contributed by atoms with E-state index in [4.69, 9.17) is 5.11 Å². The maximum Gasteiger partial charge on any atom is 0.0402 e. The molecule has 0 saturated heterocycles. The van der Waals surface area contributed by atoms with Crippen LogP contribution in [0.5, 0.6) is 0 Å². The van der Waals surface area contributed by atoms with Gasteiger partial charge in [0, 0.05) is 6.61 Å². The molecule has 0 heterocycles. The normalized spacial score (nSPS) is 20.4. The Morgan fingerprint density at radius 3 is 0.667 bits per heavy atom. The molecule has 1 saturated carbocycles. The quantitative estimate of drug-likeness (QED) is 0.621. The van der Waals surface area contributed by atoms with Crippen molar-refractivity contribution in [2.24, 2.45) is 0 Å². The summed E-state index contributed by atoms with van der Waals surface area (Å²) in [6.07, 6.45) is 18.0. The van der Waals surface area contributed by atoms with Gasteiger partial charge in [-0.15, -0.1) is 0 Å². The van der Waals surface area contributed by atoms with E-state index in [-0.39, 0.29) is 6.61 Å². The van der Waals surface area contributed by atoms with Crippen molar-refractivity contribution in [2.45, 2.75) is 84.0 Å². The van der Waals surface area contributed by atoms with Gasteiger partial charge < -0.3 is 5.11 Å². The standard InChI is InChI=1S/C12H24.C2H6O/c1-2-4-6-8-10-12-11-9-7-5-3-1;1-2-3/h1-12H2;3H,2H2,1H3. The summed E-state index contributed by atoms with van der Waals surface area (Å²) in [7, 11) is 0. The largest absolute Gasteiger partial charge is 0.397 e. The Balaban J connectivity index is 0.000000583. The van der Waals surface area contributed by atoms with Crippen LogP contribution in [0.2, 0.25) is 0 Å². The lowest BCUT2D eigenvalue weighted by molar-refractivity contribution is 0.318. The van der Waals surface area contributed by atoms with Gasteiger partial charge in [0.25, 0.3) is 0 Å². The van der Waals surface area contributed by atoms with Crippen molar-refractivity contribution in [3.63, 3.8) is 0 Å². The summed E-state index contributed by atoms with van der Waals surface area (Å²) < 4.78 is 0. The zero-order chi connectivity index (χ0) is 11.2. The number of aliphatic hydroxyl groups excluding tert-OH is 1. The molecule has 1 fully saturated rings. The van der Waals surface area contributed by atoms with Crippen LogP contribution < -0.4 is 0 Å². The molecular weight excluding hydrogens is 184 g/mol. The smallest absolute Gasteiger partial charge is 0.0402 e. The number of aliphatic hydroxyl groups is 1. The van der Waals surface area contributed by atoms with Gasteiger partial charge in [0.1, 0.15) is 0 Å². The van der Waals surface area contributed by atoms with Crippen molar-refractivity contribution >= 4 is 0 Å². The monoisotopic (exact) mass is 214 g/mol. The Kier molecular flexibility index (Phi) is 13.9. The maximum atomic E-state index is 7.57. The molecule has 0 aliphatic heterocycles. The van der Waals surface area contributed by atoms with Gasteiger partial charge in [-0.25, -0.2) is 0 Å². The number of hydrogen-bond acceptors (Lipinski definition) is 1. The van der Waals surface area contributed by atoms with Gasteiger partial charge in [-0.1, -0.05) is 77.0 Å². The van der Waals surface area contributed by atoms with Crippen molar-refractivity contribution in [1.29, 1.82) is 0 Å². The predicted octanol–water partition coefficient (Wildman–Crippen LogP) is 4.68. The molecular formula is C14H30O. The van der Waals surface area contributed by atoms with Crippen LogP contribution in [-0.4, -0.2) is 11.7 Å². The summed E-state index contributed by atoms with van der Waals surface area (Å²) >= 11 is 0. The van der Waals surface area contributed by atoms with Gasteiger partial charge in [-0.2, -0.15) is 0 Å². The second kappa shape index (κ2) is 14.0. The zero-order valence-corrected chi connectivity index (χ0v) is 10.6. The van der Waals surface area contributed by atoms with E-state index in [1.807, 2.05) is 0 Å². The first-order chi connectivity index (χ1) is 7.41. The van der Waals surface area contributed by atoms with E-state index in [1.165, 1.54) is 77.0 Å². The highest BCUT2D eigenvalue weighted by Gasteiger charge is 1.96. The third kappa shape index (κ3) is 14.0. The SMILES string of the molecule is C1CCCCCCCCCCC1.CCO. The summed E-state index contributed by atoms with van der Waals surface area (Å²) in [6, 6.07) is 0. The molecule has 0 aromatic heterocycles.